The minimum atomic E-state index is -0.846. The molecule has 9 heteroatoms. The van der Waals surface area contributed by atoms with Crippen molar-refractivity contribution < 1.29 is 23.5 Å². The predicted octanol–water partition coefficient (Wildman–Crippen LogP) is 4.53. The topological polar surface area (TPSA) is 78.9 Å². The van der Waals surface area contributed by atoms with E-state index in [0.29, 0.717) is 16.9 Å². The third-order valence-corrected chi connectivity index (χ3v) is 6.07. The van der Waals surface area contributed by atoms with Crippen LogP contribution < -0.4 is 10.2 Å². The Kier molecular flexibility index (Phi) is 7.70. The molecule has 0 aliphatic carbocycles. The number of anilines is 2. The number of carbonyl (C=O) groups is 3. The van der Waals surface area contributed by atoms with Crippen LogP contribution in [0.3, 0.4) is 0 Å². The van der Waals surface area contributed by atoms with Crippen molar-refractivity contribution in [3.8, 4) is 0 Å². The number of ether oxygens (including phenoxy) is 1. The lowest BCUT2D eigenvalue weighted by Crippen LogP contribution is -2.37. The van der Waals surface area contributed by atoms with Crippen molar-refractivity contribution in [1.82, 2.24) is 4.90 Å². The second-order valence-corrected chi connectivity index (χ2v) is 8.48. The van der Waals surface area contributed by atoms with Gasteiger partial charge >= 0.3 is 5.97 Å². The average molecular weight is 506 g/mol. The van der Waals surface area contributed by atoms with Gasteiger partial charge in [-0.3, -0.25) is 14.5 Å². The highest BCUT2D eigenvalue weighted by atomic mass is 32.1. The molecule has 4 rings (SSSR count). The first-order valence-corrected chi connectivity index (χ1v) is 11.8. The molecule has 1 saturated heterocycles. The van der Waals surface area contributed by atoms with E-state index in [1.54, 1.807) is 72.5 Å². The van der Waals surface area contributed by atoms with E-state index in [4.69, 9.17) is 17.0 Å². The zero-order valence-electron chi connectivity index (χ0n) is 19.5. The van der Waals surface area contributed by atoms with E-state index in [-0.39, 0.29) is 42.3 Å². The first kappa shape index (κ1) is 25.0. The Morgan fingerprint density at radius 2 is 1.67 bits per heavy atom. The molecular weight excluding hydrogens is 481 g/mol. The van der Waals surface area contributed by atoms with Gasteiger partial charge in [0.15, 0.2) is 5.11 Å². The van der Waals surface area contributed by atoms with Gasteiger partial charge in [0.25, 0.3) is 5.91 Å². The Hall–Kier alpha value is -4.11. The van der Waals surface area contributed by atoms with E-state index in [9.17, 15) is 18.8 Å². The van der Waals surface area contributed by atoms with Crippen molar-refractivity contribution in [3.05, 3.63) is 95.8 Å². The molecule has 1 fully saturated rings. The molecule has 2 amide bonds. The quantitative estimate of drug-likeness (QED) is 0.358. The van der Waals surface area contributed by atoms with Gasteiger partial charge in [-0.2, -0.15) is 0 Å². The van der Waals surface area contributed by atoms with Gasteiger partial charge in [-0.15, -0.1) is 0 Å². The van der Waals surface area contributed by atoms with E-state index in [1.807, 2.05) is 6.07 Å². The normalized spacial score (nSPS) is 15.2. The lowest BCUT2D eigenvalue weighted by molar-refractivity contribution is -0.124. The minimum absolute atomic E-state index is 0.150. The van der Waals surface area contributed by atoms with Crippen molar-refractivity contribution in [2.75, 3.05) is 16.8 Å². The zero-order chi connectivity index (χ0) is 25.7. The summed E-state index contributed by atoms with van der Waals surface area (Å²) in [4.78, 5) is 41.3. The van der Waals surface area contributed by atoms with Gasteiger partial charge in [-0.1, -0.05) is 30.3 Å². The lowest BCUT2D eigenvalue weighted by Gasteiger charge is -2.24. The number of amides is 2. The Bertz CT molecular complexity index is 1270. The van der Waals surface area contributed by atoms with Crippen LogP contribution in [0.25, 0.3) is 0 Å². The second kappa shape index (κ2) is 11.1. The summed E-state index contributed by atoms with van der Waals surface area (Å²) in [6.45, 7) is 2.23. The molecule has 3 aromatic carbocycles. The number of para-hydroxylation sites is 1. The Labute approximate surface area is 213 Å². The summed E-state index contributed by atoms with van der Waals surface area (Å²) >= 11 is 5.65. The molecule has 0 unspecified atom stereocenters. The molecule has 0 spiro atoms. The molecule has 184 valence electrons. The average Bonchev–Trinajstić information content (AvgIpc) is 3.10. The summed E-state index contributed by atoms with van der Waals surface area (Å²) < 4.78 is 18.4. The zero-order valence-corrected chi connectivity index (χ0v) is 20.3. The van der Waals surface area contributed by atoms with Crippen LogP contribution in [-0.4, -0.2) is 40.4 Å². The number of hydrogen-bond donors (Lipinski definition) is 1. The third kappa shape index (κ3) is 5.58. The van der Waals surface area contributed by atoms with Crippen LogP contribution in [0.4, 0.5) is 15.8 Å². The van der Waals surface area contributed by atoms with Gasteiger partial charge in [0.2, 0.25) is 5.91 Å². The van der Waals surface area contributed by atoms with E-state index in [2.05, 4.69) is 5.32 Å². The standard InChI is InChI=1S/C27H24FN3O4S/c1-2-35-26(34)19-10-14-21(15-11-19)29-24(32)16-23-25(33)31(22-6-4-3-5-7-22)27(36)30(23)17-18-8-12-20(28)13-9-18/h3-15,23H,2,16-17H2,1H3,(H,29,32)/t23-/m1/s1. The highest BCUT2D eigenvalue weighted by Gasteiger charge is 2.44. The molecule has 7 nitrogen and oxygen atoms in total. The molecule has 1 aliphatic heterocycles. The fourth-order valence-electron chi connectivity index (χ4n) is 3.91. The minimum Gasteiger partial charge on any atom is -0.462 e. The first-order chi connectivity index (χ1) is 17.4. The van der Waals surface area contributed by atoms with Crippen LogP contribution in [0.5, 0.6) is 0 Å². The molecule has 0 radical (unpaired) electrons. The Morgan fingerprint density at radius 3 is 2.31 bits per heavy atom. The van der Waals surface area contributed by atoms with Gasteiger partial charge in [-0.25, -0.2) is 9.18 Å². The van der Waals surface area contributed by atoms with Crippen molar-refractivity contribution in [3.63, 3.8) is 0 Å². The number of benzene rings is 3. The summed E-state index contributed by atoms with van der Waals surface area (Å²) in [7, 11) is 0. The first-order valence-electron chi connectivity index (χ1n) is 11.4. The SMILES string of the molecule is CCOC(=O)c1ccc(NC(=O)C[C@@H]2C(=O)N(c3ccccc3)C(=S)N2Cc2ccc(F)cc2)cc1. The van der Waals surface area contributed by atoms with Gasteiger partial charge < -0.3 is 15.0 Å². The van der Waals surface area contributed by atoms with E-state index in [1.165, 1.54) is 17.0 Å². The summed E-state index contributed by atoms with van der Waals surface area (Å²) in [6, 6.07) is 20.4. The number of thiocarbonyl (C=S) groups is 1. The van der Waals surface area contributed by atoms with Crippen LogP contribution in [0, 0.1) is 5.82 Å². The molecule has 1 N–H and O–H groups in total. The highest BCUT2D eigenvalue weighted by molar-refractivity contribution is 7.80. The van der Waals surface area contributed by atoms with Crippen molar-refractivity contribution in [2.45, 2.75) is 25.9 Å². The molecule has 36 heavy (non-hydrogen) atoms. The molecule has 3 aromatic rings. The largest absolute Gasteiger partial charge is 0.462 e. The van der Waals surface area contributed by atoms with Crippen LogP contribution in [0.1, 0.15) is 29.3 Å². The predicted molar refractivity (Wildman–Crippen MR) is 138 cm³/mol. The summed E-state index contributed by atoms with van der Waals surface area (Å²) in [5, 5.41) is 3.04. The molecular formula is C27H24FN3O4S. The fraction of sp³-hybridized carbons (Fsp3) is 0.185. The van der Waals surface area contributed by atoms with E-state index in [0.717, 1.165) is 5.56 Å². The Balaban J connectivity index is 1.53. The fourth-order valence-corrected chi connectivity index (χ4v) is 4.29. The van der Waals surface area contributed by atoms with Gasteiger partial charge in [-0.05, 0) is 73.2 Å². The van der Waals surface area contributed by atoms with Gasteiger partial charge in [0.05, 0.1) is 24.3 Å². The van der Waals surface area contributed by atoms with Crippen LogP contribution >= 0.6 is 12.2 Å². The van der Waals surface area contributed by atoms with Gasteiger partial charge in [0.1, 0.15) is 11.9 Å². The third-order valence-electron chi connectivity index (χ3n) is 5.66. The van der Waals surface area contributed by atoms with E-state index < -0.39 is 12.0 Å². The van der Waals surface area contributed by atoms with Crippen molar-refractivity contribution in [2.24, 2.45) is 0 Å². The van der Waals surface area contributed by atoms with Crippen molar-refractivity contribution in [1.29, 1.82) is 0 Å². The Morgan fingerprint density at radius 1 is 1.00 bits per heavy atom. The smallest absolute Gasteiger partial charge is 0.338 e. The summed E-state index contributed by atoms with van der Waals surface area (Å²) in [5.74, 6) is -1.52. The van der Waals surface area contributed by atoms with Crippen LogP contribution in [0.2, 0.25) is 0 Å². The number of halogens is 1. The monoisotopic (exact) mass is 505 g/mol. The van der Waals surface area contributed by atoms with Gasteiger partial charge in [0, 0.05) is 12.2 Å². The molecule has 1 aliphatic rings. The maximum atomic E-state index is 13.4. The number of nitrogens with zero attached hydrogens (tertiary/aromatic N) is 2. The number of nitrogens with one attached hydrogen (secondary N) is 1. The lowest BCUT2D eigenvalue weighted by atomic mass is 10.1. The molecule has 0 bridgehead atoms. The molecule has 0 aromatic heterocycles. The summed E-state index contributed by atoms with van der Waals surface area (Å²) in [5.41, 5.74) is 2.21. The number of rotatable bonds is 8. The number of carbonyl (C=O) groups excluding carboxylic acids is 3. The maximum Gasteiger partial charge on any atom is 0.338 e. The highest BCUT2D eigenvalue weighted by Crippen LogP contribution is 2.29. The second-order valence-electron chi connectivity index (χ2n) is 8.11. The van der Waals surface area contributed by atoms with Crippen LogP contribution in [-0.2, 0) is 20.9 Å². The number of esters is 1. The maximum absolute atomic E-state index is 13.4. The molecule has 0 saturated carbocycles. The molecule has 1 atom stereocenters. The molecule has 1 heterocycles. The summed E-state index contributed by atoms with van der Waals surface area (Å²) in [6.07, 6.45) is -0.150. The number of hydrogen-bond acceptors (Lipinski definition) is 5. The van der Waals surface area contributed by atoms with Crippen LogP contribution in [0.15, 0.2) is 78.9 Å². The van der Waals surface area contributed by atoms with E-state index >= 15 is 0 Å². The van der Waals surface area contributed by atoms with Crippen molar-refractivity contribution >= 4 is 46.5 Å².